The van der Waals surface area contributed by atoms with E-state index in [1.807, 2.05) is 0 Å². The van der Waals surface area contributed by atoms with Crippen molar-refractivity contribution < 1.29 is 0 Å². The molecular weight excluding hydrogens is 603 g/mol. The van der Waals surface area contributed by atoms with E-state index < -0.39 is 0 Å². The molecule has 8 aromatic rings. The average Bonchev–Trinajstić information content (AvgIpc) is 3.41. The van der Waals surface area contributed by atoms with Crippen LogP contribution in [0.2, 0.25) is 0 Å². The Morgan fingerprint density at radius 3 is 1.56 bits per heavy atom. The summed E-state index contributed by atoms with van der Waals surface area (Å²) in [7, 11) is 0. The van der Waals surface area contributed by atoms with E-state index in [4.69, 9.17) is 0 Å². The van der Waals surface area contributed by atoms with E-state index in [0.29, 0.717) is 0 Å². The van der Waals surface area contributed by atoms with Crippen molar-refractivity contribution in [2.45, 2.75) is 19.3 Å². The summed E-state index contributed by atoms with van der Waals surface area (Å²) in [5.74, 6) is 0. The standard InChI is InChI=1S/C49H37N/c1-49(2)45-32-38(35-18-8-4-9-19-35)28-31-41(45)44-33-47(42-23-12-13-24-43(42)48(44)49)50(39-29-26-36(27-30-39)34-16-6-3-7-17-34)46-25-15-14-22-40(46)37-20-10-5-11-21-37/h3-33H,1-2H3. The van der Waals surface area contributed by atoms with Gasteiger partial charge in [-0.05, 0) is 85.8 Å². The first-order valence-electron chi connectivity index (χ1n) is 17.4. The molecule has 1 heteroatoms. The molecule has 1 nitrogen and oxygen atoms in total. The van der Waals surface area contributed by atoms with Gasteiger partial charge in [-0.2, -0.15) is 0 Å². The average molecular weight is 640 g/mol. The first kappa shape index (κ1) is 29.9. The van der Waals surface area contributed by atoms with Crippen molar-refractivity contribution in [1.29, 1.82) is 0 Å². The normalized spacial score (nSPS) is 12.8. The molecule has 8 aromatic carbocycles. The molecule has 0 radical (unpaired) electrons. The molecule has 9 rings (SSSR count). The molecule has 238 valence electrons. The van der Waals surface area contributed by atoms with Gasteiger partial charge in [-0.25, -0.2) is 0 Å². The largest absolute Gasteiger partial charge is 0.309 e. The molecular formula is C49H37N. The second-order valence-corrected chi connectivity index (χ2v) is 13.7. The topological polar surface area (TPSA) is 3.24 Å². The molecule has 1 aliphatic carbocycles. The van der Waals surface area contributed by atoms with E-state index in [0.717, 1.165) is 11.4 Å². The fraction of sp³-hybridized carbons (Fsp3) is 0.0612. The summed E-state index contributed by atoms with van der Waals surface area (Å²) in [4.78, 5) is 2.48. The van der Waals surface area contributed by atoms with Crippen molar-refractivity contribution in [2.75, 3.05) is 4.90 Å². The monoisotopic (exact) mass is 639 g/mol. The minimum absolute atomic E-state index is 0.169. The zero-order valence-corrected chi connectivity index (χ0v) is 28.3. The van der Waals surface area contributed by atoms with Crippen LogP contribution in [0.5, 0.6) is 0 Å². The Morgan fingerprint density at radius 1 is 0.360 bits per heavy atom. The first-order chi connectivity index (χ1) is 24.6. The van der Waals surface area contributed by atoms with E-state index in [9.17, 15) is 0 Å². The molecule has 0 N–H and O–H groups in total. The minimum atomic E-state index is -0.169. The number of anilines is 3. The highest BCUT2D eigenvalue weighted by molar-refractivity contribution is 6.08. The van der Waals surface area contributed by atoms with Crippen LogP contribution in [-0.2, 0) is 5.41 Å². The summed E-state index contributed by atoms with van der Waals surface area (Å²) in [5.41, 5.74) is 16.0. The van der Waals surface area contributed by atoms with Crippen molar-refractivity contribution in [1.82, 2.24) is 0 Å². The molecule has 0 saturated carbocycles. The van der Waals surface area contributed by atoms with Crippen molar-refractivity contribution in [2.24, 2.45) is 0 Å². The van der Waals surface area contributed by atoms with Crippen LogP contribution in [0, 0.1) is 0 Å². The van der Waals surface area contributed by atoms with E-state index in [2.05, 4.69) is 207 Å². The molecule has 0 heterocycles. The molecule has 0 spiro atoms. The molecule has 0 unspecified atom stereocenters. The lowest BCUT2D eigenvalue weighted by molar-refractivity contribution is 0.666. The smallest absolute Gasteiger partial charge is 0.0546 e. The number of hydrogen-bond acceptors (Lipinski definition) is 1. The quantitative estimate of drug-likeness (QED) is 0.175. The van der Waals surface area contributed by atoms with Gasteiger partial charge in [-0.1, -0.05) is 172 Å². The lowest BCUT2D eigenvalue weighted by Crippen LogP contribution is -2.17. The van der Waals surface area contributed by atoms with Gasteiger partial charge in [-0.15, -0.1) is 0 Å². The van der Waals surface area contributed by atoms with E-state index in [-0.39, 0.29) is 5.41 Å². The van der Waals surface area contributed by atoms with Crippen LogP contribution < -0.4 is 4.90 Å². The van der Waals surface area contributed by atoms with Gasteiger partial charge in [0.05, 0.1) is 11.4 Å². The summed E-state index contributed by atoms with van der Waals surface area (Å²) in [5, 5.41) is 2.54. The Kier molecular flexibility index (Phi) is 7.21. The maximum absolute atomic E-state index is 2.48. The Labute approximate surface area is 294 Å². The van der Waals surface area contributed by atoms with Crippen molar-refractivity contribution >= 4 is 27.8 Å². The summed E-state index contributed by atoms with van der Waals surface area (Å²) in [6, 6.07) is 68.5. The molecule has 0 aromatic heterocycles. The fourth-order valence-electron chi connectivity index (χ4n) is 8.04. The van der Waals surface area contributed by atoms with Crippen LogP contribution in [0.3, 0.4) is 0 Å². The van der Waals surface area contributed by atoms with Gasteiger partial charge >= 0.3 is 0 Å². The van der Waals surface area contributed by atoms with Gasteiger partial charge in [0.25, 0.3) is 0 Å². The summed E-state index contributed by atoms with van der Waals surface area (Å²) >= 11 is 0. The molecule has 0 atom stereocenters. The fourth-order valence-corrected chi connectivity index (χ4v) is 8.04. The second kappa shape index (κ2) is 12.1. The van der Waals surface area contributed by atoms with Gasteiger partial charge in [-0.3, -0.25) is 0 Å². The number of nitrogens with zero attached hydrogens (tertiary/aromatic N) is 1. The lowest BCUT2D eigenvalue weighted by atomic mass is 9.79. The van der Waals surface area contributed by atoms with Gasteiger partial charge in [0.15, 0.2) is 0 Å². The molecule has 0 saturated heterocycles. The minimum Gasteiger partial charge on any atom is -0.309 e. The molecule has 0 amide bonds. The Bertz CT molecular complexity index is 2480. The summed E-state index contributed by atoms with van der Waals surface area (Å²) in [6.45, 7) is 4.78. The van der Waals surface area contributed by atoms with Crippen molar-refractivity contribution in [3.63, 3.8) is 0 Å². The van der Waals surface area contributed by atoms with Gasteiger partial charge in [0, 0.05) is 22.1 Å². The zero-order chi connectivity index (χ0) is 33.7. The van der Waals surface area contributed by atoms with Crippen LogP contribution in [0.4, 0.5) is 17.1 Å². The Hall–Kier alpha value is -6.18. The highest BCUT2D eigenvalue weighted by Crippen LogP contribution is 2.55. The number of hydrogen-bond donors (Lipinski definition) is 0. The number of para-hydroxylation sites is 1. The SMILES string of the molecule is CC1(C)c2cc(-c3ccccc3)ccc2-c2cc(N(c3ccc(-c4ccccc4)cc3)c3ccccc3-c3ccccc3)c3ccccc3c21. The van der Waals surface area contributed by atoms with Crippen LogP contribution in [0.15, 0.2) is 188 Å². The first-order valence-corrected chi connectivity index (χ1v) is 17.4. The van der Waals surface area contributed by atoms with E-state index >= 15 is 0 Å². The van der Waals surface area contributed by atoms with E-state index in [1.165, 1.54) is 72.1 Å². The van der Waals surface area contributed by atoms with Crippen LogP contribution in [0.1, 0.15) is 25.0 Å². The number of benzene rings is 8. The van der Waals surface area contributed by atoms with Crippen LogP contribution in [-0.4, -0.2) is 0 Å². The second-order valence-electron chi connectivity index (χ2n) is 13.7. The van der Waals surface area contributed by atoms with Gasteiger partial charge < -0.3 is 4.90 Å². The maximum Gasteiger partial charge on any atom is 0.0546 e. The highest BCUT2D eigenvalue weighted by Gasteiger charge is 2.38. The predicted octanol–water partition coefficient (Wildman–Crippen LogP) is 13.6. The van der Waals surface area contributed by atoms with E-state index in [1.54, 1.807) is 0 Å². The van der Waals surface area contributed by atoms with Crippen LogP contribution in [0.25, 0.3) is 55.3 Å². The summed E-state index contributed by atoms with van der Waals surface area (Å²) < 4.78 is 0. The molecule has 50 heavy (non-hydrogen) atoms. The molecule has 0 aliphatic heterocycles. The number of fused-ring (bicyclic) bond motifs is 5. The van der Waals surface area contributed by atoms with Crippen LogP contribution >= 0.6 is 0 Å². The Balaban J connectivity index is 1.30. The van der Waals surface area contributed by atoms with Gasteiger partial charge in [0.2, 0.25) is 0 Å². The summed E-state index contributed by atoms with van der Waals surface area (Å²) in [6.07, 6.45) is 0. The third-order valence-electron chi connectivity index (χ3n) is 10.4. The van der Waals surface area contributed by atoms with Gasteiger partial charge in [0.1, 0.15) is 0 Å². The molecule has 0 fully saturated rings. The predicted molar refractivity (Wildman–Crippen MR) is 213 cm³/mol. The third-order valence-corrected chi connectivity index (χ3v) is 10.4. The van der Waals surface area contributed by atoms with Crippen molar-refractivity contribution in [3.8, 4) is 44.5 Å². The zero-order valence-electron chi connectivity index (χ0n) is 28.3. The highest BCUT2D eigenvalue weighted by atomic mass is 15.1. The third kappa shape index (κ3) is 4.94. The number of rotatable bonds is 6. The Morgan fingerprint density at radius 2 is 0.880 bits per heavy atom. The molecule has 0 bridgehead atoms. The molecule has 1 aliphatic rings. The maximum atomic E-state index is 2.48. The van der Waals surface area contributed by atoms with Crippen molar-refractivity contribution in [3.05, 3.63) is 199 Å². The lowest BCUT2D eigenvalue weighted by Gasteiger charge is -2.31.